The van der Waals surface area contributed by atoms with Crippen molar-refractivity contribution in [3.63, 3.8) is 0 Å². The summed E-state index contributed by atoms with van der Waals surface area (Å²) in [7, 11) is 0. The molecule has 1 unspecified atom stereocenters. The van der Waals surface area contributed by atoms with Crippen LogP contribution in [0.2, 0.25) is 0 Å². The Morgan fingerprint density at radius 2 is 2.22 bits per heavy atom. The zero-order chi connectivity index (χ0) is 12.8. The first-order valence-corrected chi connectivity index (χ1v) is 7.49. The van der Waals surface area contributed by atoms with Gasteiger partial charge in [-0.05, 0) is 48.3 Å². The second kappa shape index (κ2) is 6.87. The zero-order valence-corrected chi connectivity index (χ0v) is 11.4. The largest absolute Gasteiger partial charge is 0.368 e. The quantitative estimate of drug-likeness (QED) is 0.818. The Balaban J connectivity index is 1.77. The number of nitrogens with one attached hydrogen (secondary N) is 1. The molecule has 5 heteroatoms. The average Bonchev–Trinajstić information content (AvgIpc) is 2.89. The molecule has 0 radical (unpaired) electrons. The Kier molecular flexibility index (Phi) is 5.16. The fraction of sp³-hybridized carbons (Fsp3) is 0.615. The van der Waals surface area contributed by atoms with E-state index in [1.54, 1.807) is 11.3 Å². The van der Waals surface area contributed by atoms with Crippen molar-refractivity contribution in [1.29, 1.82) is 0 Å². The van der Waals surface area contributed by atoms with Crippen molar-refractivity contribution in [1.82, 2.24) is 10.2 Å². The van der Waals surface area contributed by atoms with E-state index in [4.69, 9.17) is 5.73 Å². The molecule has 4 nitrogen and oxygen atoms in total. The smallest absolute Gasteiger partial charge is 0.239 e. The zero-order valence-electron chi connectivity index (χ0n) is 10.6. The van der Waals surface area contributed by atoms with E-state index < -0.39 is 0 Å². The molecule has 18 heavy (non-hydrogen) atoms. The van der Waals surface area contributed by atoms with Gasteiger partial charge in [0.25, 0.3) is 0 Å². The number of carbonyl (C=O) groups is 1. The lowest BCUT2D eigenvalue weighted by Crippen LogP contribution is -2.40. The van der Waals surface area contributed by atoms with Gasteiger partial charge < -0.3 is 16.0 Å². The lowest BCUT2D eigenvalue weighted by molar-refractivity contribution is -0.120. The van der Waals surface area contributed by atoms with Crippen LogP contribution in [0.3, 0.4) is 0 Å². The highest BCUT2D eigenvalue weighted by atomic mass is 32.1. The molecular formula is C13H21N3OS. The molecular weight excluding hydrogens is 246 g/mol. The molecule has 1 aromatic heterocycles. The number of amides is 1. The SMILES string of the molecule is NC(=O)C(NCCN1CCCCC1)c1ccsc1. The van der Waals surface area contributed by atoms with Gasteiger partial charge >= 0.3 is 0 Å². The molecule has 1 amide bonds. The number of hydrogen-bond acceptors (Lipinski definition) is 4. The van der Waals surface area contributed by atoms with Crippen molar-refractivity contribution >= 4 is 17.2 Å². The summed E-state index contributed by atoms with van der Waals surface area (Å²) in [5, 5.41) is 7.20. The summed E-state index contributed by atoms with van der Waals surface area (Å²) in [5.41, 5.74) is 6.41. The molecule has 1 fully saturated rings. The Bertz CT molecular complexity index is 360. The number of nitrogens with two attached hydrogens (primary N) is 1. The molecule has 1 aliphatic rings. The molecule has 1 saturated heterocycles. The van der Waals surface area contributed by atoms with Crippen LogP contribution >= 0.6 is 11.3 Å². The molecule has 100 valence electrons. The predicted octanol–water partition coefficient (Wildman–Crippen LogP) is 1.35. The Hall–Kier alpha value is -0.910. The average molecular weight is 267 g/mol. The number of thiophene rings is 1. The summed E-state index contributed by atoms with van der Waals surface area (Å²) >= 11 is 1.59. The Morgan fingerprint density at radius 1 is 1.44 bits per heavy atom. The predicted molar refractivity (Wildman–Crippen MR) is 74.5 cm³/mol. The summed E-state index contributed by atoms with van der Waals surface area (Å²) in [4.78, 5) is 13.9. The first-order chi connectivity index (χ1) is 8.77. The van der Waals surface area contributed by atoms with Gasteiger partial charge in [-0.3, -0.25) is 4.79 Å². The fourth-order valence-electron chi connectivity index (χ4n) is 2.37. The molecule has 0 saturated carbocycles. The third kappa shape index (κ3) is 3.80. The van der Waals surface area contributed by atoms with Gasteiger partial charge in [0, 0.05) is 13.1 Å². The van der Waals surface area contributed by atoms with Crippen LogP contribution in [-0.4, -0.2) is 37.0 Å². The van der Waals surface area contributed by atoms with E-state index in [1.165, 1.54) is 32.4 Å². The van der Waals surface area contributed by atoms with E-state index in [2.05, 4.69) is 10.2 Å². The summed E-state index contributed by atoms with van der Waals surface area (Å²) in [6.45, 7) is 4.17. The van der Waals surface area contributed by atoms with Gasteiger partial charge in [0.05, 0.1) is 0 Å². The molecule has 0 bridgehead atoms. The van der Waals surface area contributed by atoms with Crippen LogP contribution in [0.15, 0.2) is 16.8 Å². The molecule has 3 N–H and O–H groups in total. The van der Waals surface area contributed by atoms with E-state index in [0.717, 1.165) is 18.7 Å². The van der Waals surface area contributed by atoms with Crippen LogP contribution in [0.25, 0.3) is 0 Å². The second-order valence-electron chi connectivity index (χ2n) is 4.75. The first kappa shape index (κ1) is 13.5. The van der Waals surface area contributed by atoms with E-state index >= 15 is 0 Å². The van der Waals surface area contributed by atoms with Gasteiger partial charge in [-0.2, -0.15) is 11.3 Å². The van der Waals surface area contributed by atoms with Gasteiger partial charge in [0.2, 0.25) is 5.91 Å². The van der Waals surface area contributed by atoms with E-state index in [0.29, 0.717) is 0 Å². The van der Waals surface area contributed by atoms with E-state index in [9.17, 15) is 4.79 Å². The maximum Gasteiger partial charge on any atom is 0.239 e. The van der Waals surface area contributed by atoms with Gasteiger partial charge in [0.15, 0.2) is 0 Å². The topological polar surface area (TPSA) is 58.4 Å². The first-order valence-electron chi connectivity index (χ1n) is 6.54. The van der Waals surface area contributed by atoms with Crippen molar-refractivity contribution in [2.45, 2.75) is 25.3 Å². The number of hydrogen-bond donors (Lipinski definition) is 2. The minimum absolute atomic E-state index is 0.299. The van der Waals surface area contributed by atoms with Crippen molar-refractivity contribution < 1.29 is 4.79 Å². The van der Waals surface area contributed by atoms with E-state index in [-0.39, 0.29) is 11.9 Å². The van der Waals surface area contributed by atoms with Gasteiger partial charge in [-0.25, -0.2) is 0 Å². The second-order valence-corrected chi connectivity index (χ2v) is 5.53. The van der Waals surface area contributed by atoms with Gasteiger partial charge in [-0.15, -0.1) is 0 Å². The normalized spacial score (nSPS) is 18.7. The van der Waals surface area contributed by atoms with Crippen molar-refractivity contribution in [3.8, 4) is 0 Å². The summed E-state index contributed by atoms with van der Waals surface area (Å²) in [6.07, 6.45) is 3.94. The van der Waals surface area contributed by atoms with Crippen molar-refractivity contribution in [2.75, 3.05) is 26.2 Å². The lowest BCUT2D eigenvalue weighted by atomic mass is 10.1. The summed E-state index contributed by atoms with van der Waals surface area (Å²) in [6, 6.07) is 1.61. The highest BCUT2D eigenvalue weighted by Crippen LogP contribution is 2.16. The third-order valence-electron chi connectivity index (χ3n) is 3.39. The Labute approximate surface area is 112 Å². The highest BCUT2D eigenvalue weighted by molar-refractivity contribution is 7.08. The van der Waals surface area contributed by atoms with Crippen LogP contribution in [0, 0.1) is 0 Å². The number of likely N-dealkylation sites (tertiary alicyclic amines) is 1. The van der Waals surface area contributed by atoms with Gasteiger partial charge in [0.1, 0.15) is 6.04 Å². The molecule has 1 aliphatic heterocycles. The lowest BCUT2D eigenvalue weighted by Gasteiger charge is -2.27. The molecule has 0 aromatic carbocycles. The van der Waals surface area contributed by atoms with Gasteiger partial charge in [-0.1, -0.05) is 6.42 Å². The summed E-state index contributed by atoms with van der Waals surface area (Å²) < 4.78 is 0. The Morgan fingerprint density at radius 3 is 2.83 bits per heavy atom. The van der Waals surface area contributed by atoms with Crippen molar-refractivity contribution in [2.24, 2.45) is 5.73 Å². The monoisotopic (exact) mass is 267 g/mol. The van der Waals surface area contributed by atoms with Crippen LogP contribution in [-0.2, 0) is 4.79 Å². The molecule has 0 spiro atoms. The maximum absolute atomic E-state index is 11.4. The molecule has 0 aliphatic carbocycles. The minimum atomic E-state index is -0.346. The number of rotatable bonds is 6. The highest BCUT2D eigenvalue weighted by Gasteiger charge is 2.18. The molecule has 2 heterocycles. The fourth-order valence-corrected chi connectivity index (χ4v) is 3.06. The summed E-state index contributed by atoms with van der Waals surface area (Å²) in [5.74, 6) is -0.299. The molecule has 1 atom stereocenters. The van der Waals surface area contributed by atoms with Crippen LogP contribution in [0.4, 0.5) is 0 Å². The number of nitrogens with zero attached hydrogens (tertiary/aromatic N) is 1. The van der Waals surface area contributed by atoms with Crippen LogP contribution in [0.1, 0.15) is 30.9 Å². The third-order valence-corrected chi connectivity index (χ3v) is 4.09. The van der Waals surface area contributed by atoms with Crippen LogP contribution in [0.5, 0.6) is 0 Å². The van der Waals surface area contributed by atoms with Crippen LogP contribution < -0.4 is 11.1 Å². The number of carbonyl (C=O) groups excluding carboxylic acids is 1. The standard InChI is InChI=1S/C13H21N3OS/c14-13(17)12(11-4-9-18-10-11)15-5-8-16-6-2-1-3-7-16/h4,9-10,12,15H,1-3,5-8H2,(H2,14,17). The van der Waals surface area contributed by atoms with E-state index in [1.807, 2.05) is 16.8 Å². The molecule has 1 aromatic rings. The van der Waals surface area contributed by atoms with Crippen molar-refractivity contribution in [3.05, 3.63) is 22.4 Å². The maximum atomic E-state index is 11.4. The molecule has 2 rings (SSSR count). The number of piperidine rings is 1. The number of primary amides is 1. The minimum Gasteiger partial charge on any atom is -0.368 e.